The molecule has 29 heavy (non-hydrogen) atoms. The van der Waals surface area contributed by atoms with Gasteiger partial charge in [-0.3, -0.25) is 10.1 Å². The fourth-order valence-corrected chi connectivity index (χ4v) is 3.51. The lowest BCUT2D eigenvalue weighted by Gasteiger charge is -2.31. The van der Waals surface area contributed by atoms with E-state index >= 15 is 0 Å². The molecule has 0 saturated carbocycles. The lowest BCUT2D eigenvalue weighted by atomic mass is 10.0. The number of fused-ring (bicyclic) bond motifs is 1. The van der Waals surface area contributed by atoms with Crippen LogP contribution in [-0.2, 0) is 0 Å². The van der Waals surface area contributed by atoms with Crippen LogP contribution >= 0.6 is 0 Å². The van der Waals surface area contributed by atoms with Gasteiger partial charge in [-0.25, -0.2) is 4.99 Å². The van der Waals surface area contributed by atoms with Crippen LogP contribution in [0.5, 0.6) is 5.75 Å². The maximum atomic E-state index is 10.9. The van der Waals surface area contributed by atoms with Gasteiger partial charge in [0.25, 0.3) is 5.69 Å². The first-order chi connectivity index (χ1) is 14.2. The Kier molecular flexibility index (Phi) is 5.39. The molecule has 4 rings (SSSR count). The van der Waals surface area contributed by atoms with Crippen LogP contribution in [0.1, 0.15) is 5.56 Å². The van der Waals surface area contributed by atoms with Crippen LogP contribution < -0.4 is 10.1 Å². The van der Waals surface area contributed by atoms with E-state index < -0.39 is 4.92 Å². The highest BCUT2D eigenvalue weighted by atomic mass is 16.6. The first kappa shape index (κ1) is 18.9. The Morgan fingerprint density at radius 3 is 2.34 bits per heavy atom. The van der Waals surface area contributed by atoms with Crippen molar-refractivity contribution in [2.75, 3.05) is 33.3 Å². The van der Waals surface area contributed by atoms with Gasteiger partial charge < -0.3 is 15.0 Å². The van der Waals surface area contributed by atoms with Crippen molar-refractivity contribution >= 4 is 28.0 Å². The zero-order valence-corrected chi connectivity index (χ0v) is 16.2. The highest BCUT2D eigenvalue weighted by molar-refractivity contribution is 6.06. The molecule has 0 unspecified atom stereocenters. The number of non-ortho nitro benzene ring substituents is 1. The van der Waals surface area contributed by atoms with Crippen LogP contribution in [0.3, 0.4) is 0 Å². The minimum atomic E-state index is -0.406. The summed E-state index contributed by atoms with van der Waals surface area (Å²) in [5.41, 5.74) is 1.63. The Bertz CT molecular complexity index is 1060. The summed E-state index contributed by atoms with van der Waals surface area (Å²) < 4.78 is 5.70. The lowest BCUT2D eigenvalue weighted by Crippen LogP contribution is -2.46. The third-order valence-corrected chi connectivity index (χ3v) is 5.02. The molecule has 1 heterocycles. The van der Waals surface area contributed by atoms with E-state index in [0.29, 0.717) is 5.69 Å². The molecule has 1 aliphatic heterocycles. The summed E-state index contributed by atoms with van der Waals surface area (Å²) in [5, 5.41) is 16.5. The van der Waals surface area contributed by atoms with E-state index in [9.17, 15) is 10.1 Å². The molecule has 0 spiro atoms. The molecule has 1 saturated heterocycles. The van der Waals surface area contributed by atoms with Crippen molar-refractivity contribution < 1.29 is 9.66 Å². The predicted molar refractivity (Wildman–Crippen MR) is 114 cm³/mol. The first-order valence-corrected chi connectivity index (χ1v) is 9.51. The highest BCUT2D eigenvalue weighted by Gasteiger charge is 2.21. The zero-order valence-electron chi connectivity index (χ0n) is 16.2. The molecule has 0 amide bonds. The second-order valence-electron chi connectivity index (χ2n) is 6.85. The molecule has 0 aliphatic carbocycles. The van der Waals surface area contributed by atoms with Crippen LogP contribution in [0, 0.1) is 10.1 Å². The number of nitrogens with one attached hydrogen (secondary N) is 1. The smallest absolute Gasteiger partial charge is 0.269 e. The first-order valence-electron chi connectivity index (χ1n) is 9.51. The maximum Gasteiger partial charge on any atom is 0.269 e. The number of methoxy groups -OCH3 is 1. The van der Waals surface area contributed by atoms with Crippen LogP contribution in [0.25, 0.3) is 10.8 Å². The van der Waals surface area contributed by atoms with Crippen molar-refractivity contribution in [3.63, 3.8) is 0 Å². The molecule has 1 aliphatic rings. The van der Waals surface area contributed by atoms with E-state index in [-0.39, 0.29) is 5.69 Å². The summed E-state index contributed by atoms with van der Waals surface area (Å²) in [6.07, 6.45) is 0. The Balaban J connectivity index is 1.84. The number of ether oxygens (including phenoxy) is 1. The molecule has 0 aromatic heterocycles. The average Bonchev–Trinajstić information content (AvgIpc) is 2.77. The largest absolute Gasteiger partial charge is 0.496 e. The molecule has 0 radical (unpaired) electrons. The fourth-order valence-electron chi connectivity index (χ4n) is 3.51. The highest BCUT2D eigenvalue weighted by Crippen LogP contribution is 2.29. The number of amidine groups is 1. The summed E-state index contributed by atoms with van der Waals surface area (Å²) in [5.74, 6) is 1.56. The summed E-state index contributed by atoms with van der Waals surface area (Å²) >= 11 is 0. The average molecular weight is 390 g/mol. The van der Waals surface area contributed by atoms with Crippen LogP contribution in [0.2, 0.25) is 0 Å². The topological polar surface area (TPSA) is 80.0 Å². The Labute approximate surface area is 168 Å². The van der Waals surface area contributed by atoms with Gasteiger partial charge in [-0.1, -0.05) is 24.3 Å². The molecule has 1 N–H and O–H groups in total. The van der Waals surface area contributed by atoms with Crippen molar-refractivity contribution in [1.82, 2.24) is 10.2 Å². The van der Waals surface area contributed by atoms with Crippen molar-refractivity contribution in [3.8, 4) is 5.75 Å². The van der Waals surface area contributed by atoms with Crippen LogP contribution in [-0.4, -0.2) is 48.9 Å². The number of aliphatic imine (C=N–C) groups is 1. The van der Waals surface area contributed by atoms with Gasteiger partial charge in [0.05, 0.1) is 23.3 Å². The molecule has 7 heteroatoms. The minimum absolute atomic E-state index is 0.0518. The second kappa shape index (κ2) is 8.28. The Morgan fingerprint density at radius 2 is 1.72 bits per heavy atom. The Morgan fingerprint density at radius 1 is 1.07 bits per heavy atom. The van der Waals surface area contributed by atoms with Gasteiger partial charge >= 0.3 is 0 Å². The molecular formula is C22H22N4O3. The summed E-state index contributed by atoms with van der Waals surface area (Å²) in [6.45, 7) is 3.38. The number of hydrogen-bond donors (Lipinski definition) is 1. The van der Waals surface area contributed by atoms with Crippen LogP contribution in [0.4, 0.5) is 11.4 Å². The molecular weight excluding hydrogens is 368 g/mol. The maximum absolute atomic E-state index is 10.9. The van der Waals surface area contributed by atoms with E-state index in [2.05, 4.69) is 28.4 Å². The molecule has 0 bridgehead atoms. The quantitative estimate of drug-likeness (QED) is 0.318. The van der Waals surface area contributed by atoms with Crippen molar-refractivity contribution in [3.05, 3.63) is 76.3 Å². The molecule has 1 fully saturated rings. The van der Waals surface area contributed by atoms with Crippen LogP contribution in [0.15, 0.2) is 65.7 Å². The normalized spacial score (nSPS) is 14.8. The van der Waals surface area contributed by atoms with E-state index in [1.165, 1.54) is 12.1 Å². The van der Waals surface area contributed by atoms with Gasteiger partial charge in [-0.2, -0.15) is 0 Å². The van der Waals surface area contributed by atoms with E-state index in [4.69, 9.17) is 9.73 Å². The molecule has 148 valence electrons. The van der Waals surface area contributed by atoms with Gasteiger partial charge in [0.2, 0.25) is 0 Å². The van der Waals surface area contributed by atoms with E-state index in [1.807, 2.05) is 18.2 Å². The predicted octanol–water partition coefficient (Wildman–Crippen LogP) is 3.74. The second-order valence-corrected chi connectivity index (χ2v) is 6.85. The number of rotatable bonds is 4. The molecule has 3 aromatic rings. The lowest BCUT2D eigenvalue weighted by molar-refractivity contribution is -0.384. The summed E-state index contributed by atoms with van der Waals surface area (Å²) in [4.78, 5) is 17.7. The zero-order chi connectivity index (χ0) is 20.2. The number of benzene rings is 3. The van der Waals surface area contributed by atoms with Crippen molar-refractivity contribution in [1.29, 1.82) is 0 Å². The minimum Gasteiger partial charge on any atom is -0.496 e. The Hall–Kier alpha value is -3.45. The third-order valence-electron chi connectivity index (χ3n) is 5.02. The number of piperazine rings is 1. The number of nitro benzene ring substituents is 1. The number of nitro groups is 1. The molecule has 3 aromatic carbocycles. The van der Waals surface area contributed by atoms with Gasteiger partial charge in [0.1, 0.15) is 11.6 Å². The number of hydrogen-bond acceptors (Lipinski definition) is 5. The molecule has 0 atom stereocenters. The third kappa shape index (κ3) is 4.05. The summed E-state index contributed by atoms with van der Waals surface area (Å²) in [6, 6.07) is 18.6. The number of nitrogens with zero attached hydrogens (tertiary/aromatic N) is 3. The SMILES string of the molecule is COc1cc2ccccc2cc1C(=Nc1ccc([N+](=O)[O-])cc1)N1CCNCC1. The van der Waals surface area contributed by atoms with Gasteiger partial charge in [0.15, 0.2) is 0 Å². The van der Waals surface area contributed by atoms with Gasteiger partial charge in [0, 0.05) is 38.3 Å². The van der Waals surface area contributed by atoms with Gasteiger partial charge in [-0.15, -0.1) is 0 Å². The van der Waals surface area contributed by atoms with Crippen molar-refractivity contribution in [2.45, 2.75) is 0 Å². The standard InChI is InChI=1S/C22H22N4O3/c1-29-21-15-17-5-3-2-4-16(17)14-20(21)22(25-12-10-23-11-13-25)24-18-6-8-19(9-7-18)26(27)28/h2-9,14-15,23H,10-13H2,1H3. The van der Waals surface area contributed by atoms with Gasteiger partial charge in [-0.05, 0) is 35.0 Å². The van der Waals surface area contributed by atoms with E-state index in [0.717, 1.165) is 54.1 Å². The fraction of sp³-hybridized carbons (Fsp3) is 0.227. The molecule has 7 nitrogen and oxygen atoms in total. The van der Waals surface area contributed by atoms with Crippen molar-refractivity contribution in [2.24, 2.45) is 4.99 Å². The summed E-state index contributed by atoms with van der Waals surface area (Å²) in [7, 11) is 1.66. The monoisotopic (exact) mass is 390 g/mol. The van der Waals surface area contributed by atoms with E-state index in [1.54, 1.807) is 19.2 Å².